The minimum Gasteiger partial charge on any atom is -0.456 e. The van der Waals surface area contributed by atoms with Gasteiger partial charge in [0.05, 0.1) is 11.4 Å². The highest BCUT2D eigenvalue weighted by Crippen LogP contribution is 2.58. The van der Waals surface area contributed by atoms with Crippen LogP contribution in [-0.4, -0.2) is 6.85 Å². The highest BCUT2D eigenvalue weighted by atomic mass is 16.3. The molecular weight excluding hydrogens is 968 g/mol. The average Bonchev–Trinajstić information content (AvgIpc) is 2.06. The molecule has 0 N–H and O–H groups in total. The first kappa shape index (κ1) is 48.8. The van der Waals surface area contributed by atoms with Gasteiger partial charge in [-0.05, 0) is 238 Å². The molecule has 4 aliphatic carbocycles. The quantitative estimate of drug-likeness (QED) is 0.160. The molecule has 4 unspecified atom stereocenters. The van der Waals surface area contributed by atoms with E-state index >= 15 is 0 Å². The van der Waals surface area contributed by atoms with Crippen LogP contribution in [0.2, 0.25) is 0 Å². The molecule has 3 heterocycles. The summed E-state index contributed by atoms with van der Waals surface area (Å²) in [4.78, 5) is 5.49. The van der Waals surface area contributed by atoms with Gasteiger partial charge in [-0.15, -0.1) is 0 Å². The predicted molar refractivity (Wildman–Crippen MR) is 340 cm³/mol. The van der Waals surface area contributed by atoms with Gasteiger partial charge in [0.15, 0.2) is 0 Å². The maximum atomic E-state index is 7.16. The lowest BCUT2D eigenvalue weighted by Gasteiger charge is -2.51. The molecule has 10 aromatic rings. The third kappa shape index (κ3) is 7.52. The Bertz CT molecular complexity index is 4100. The molecule has 398 valence electrons. The number of benzene rings is 9. The molecule has 4 atom stereocenters. The molecule has 0 spiro atoms. The van der Waals surface area contributed by atoms with Gasteiger partial charge in [0.1, 0.15) is 11.2 Å². The maximum Gasteiger partial charge on any atom is 0.333 e. The molecule has 4 saturated carbocycles. The summed E-state index contributed by atoms with van der Waals surface area (Å²) in [5.74, 6) is 4.58. The summed E-state index contributed by atoms with van der Waals surface area (Å²) in [7, 11) is 0. The van der Waals surface area contributed by atoms with Crippen molar-refractivity contribution in [2.24, 2.45) is 35.5 Å². The second-order valence-corrected chi connectivity index (χ2v) is 28.2. The van der Waals surface area contributed by atoms with Gasteiger partial charge in [0, 0.05) is 44.3 Å². The van der Waals surface area contributed by atoms with Crippen molar-refractivity contribution in [3.63, 3.8) is 0 Å². The van der Waals surface area contributed by atoms with Crippen LogP contribution in [0.5, 0.6) is 0 Å². The van der Waals surface area contributed by atoms with E-state index in [0.29, 0.717) is 0 Å². The molecule has 0 radical (unpaired) electrons. The molecular formula is C76H75BN2O. The van der Waals surface area contributed by atoms with Gasteiger partial charge in [0.25, 0.3) is 0 Å². The zero-order chi connectivity index (χ0) is 54.0. The Hall–Kier alpha value is -7.04. The molecule has 3 nitrogen and oxygen atoms in total. The van der Waals surface area contributed by atoms with E-state index in [2.05, 4.69) is 228 Å². The Morgan fingerprint density at radius 1 is 0.463 bits per heavy atom. The normalized spacial score (nSPS) is 26.0. The molecule has 6 aliphatic rings. The van der Waals surface area contributed by atoms with Gasteiger partial charge < -0.3 is 14.1 Å². The van der Waals surface area contributed by atoms with Crippen molar-refractivity contribution in [2.45, 2.75) is 129 Å². The number of hydrogen-bond donors (Lipinski definition) is 0. The Labute approximate surface area is 474 Å². The number of hydrogen-bond acceptors (Lipinski definition) is 3. The monoisotopic (exact) mass is 1040 g/mol. The lowest BCUT2D eigenvalue weighted by Crippen LogP contribution is -2.61. The van der Waals surface area contributed by atoms with Crippen LogP contribution >= 0.6 is 0 Å². The summed E-state index contributed by atoms with van der Waals surface area (Å²) in [5, 5.41) is 7.25. The summed E-state index contributed by atoms with van der Waals surface area (Å²) in [6.07, 6.45) is 13.3. The second-order valence-electron chi connectivity index (χ2n) is 28.2. The van der Waals surface area contributed by atoms with E-state index in [0.717, 1.165) is 57.4 Å². The Kier molecular flexibility index (Phi) is 10.8. The van der Waals surface area contributed by atoms with Crippen molar-refractivity contribution in [1.82, 2.24) is 0 Å². The fourth-order valence-corrected chi connectivity index (χ4v) is 18.7. The Morgan fingerprint density at radius 2 is 1.04 bits per heavy atom. The van der Waals surface area contributed by atoms with E-state index in [1.165, 1.54) is 153 Å². The van der Waals surface area contributed by atoms with Gasteiger partial charge in [-0.3, -0.25) is 0 Å². The third-order valence-corrected chi connectivity index (χ3v) is 21.2. The van der Waals surface area contributed by atoms with Crippen LogP contribution in [0.3, 0.4) is 0 Å². The van der Waals surface area contributed by atoms with Gasteiger partial charge >= 0.3 is 6.85 Å². The molecule has 1 aromatic heterocycles. The first-order valence-electron chi connectivity index (χ1n) is 30.8. The van der Waals surface area contributed by atoms with Gasteiger partial charge in [0.2, 0.25) is 0 Å². The zero-order valence-corrected chi connectivity index (χ0v) is 48.1. The Morgan fingerprint density at radius 3 is 1.71 bits per heavy atom. The lowest BCUT2D eigenvalue weighted by atomic mass is 9.43. The van der Waals surface area contributed by atoms with Gasteiger partial charge in [-0.25, -0.2) is 0 Å². The largest absolute Gasteiger partial charge is 0.456 e. The summed E-state index contributed by atoms with van der Waals surface area (Å²) in [6, 6.07) is 66.8. The molecule has 4 fully saturated rings. The second kappa shape index (κ2) is 17.7. The van der Waals surface area contributed by atoms with E-state index in [-0.39, 0.29) is 23.1 Å². The van der Waals surface area contributed by atoms with E-state index in [4.69, 9.17) is 4.42 Å². The highest BCUT2D eigenvalue weighted by molar-refractivity contribution is 6.94. The summed E-state index contributed by atoms with van der Waals surface area (Å²) in [5.41, 5.74) is 20.7. The van der Waals surface area contributed by atoms with Crippen molar-refractivity contribution in [3.8, 4) is 22.3 Å². The van der Waals surface area contributed by atoms with Crippen LogP contribution in [-0.2, 0) is 16.2 Å². The molecule has 0 amide bonds. The average molecular weight is 1040 g/mol. The van der Waals surface area contributed by atoms with Crippen LogP contribution in [0.15, 0.2) is 174 Å². The first-order valence-corrected chi connectivity index (χ1v) is 30.8. The van der Waals surface area contributed by atoms with Crippen molar-refractivity contribution < 1.29 is 4.42 Å². The summed E-state index contributed by atoms with van der Waals surface area (Å²) in [6.45, 7) is 17.0. The van der Waals surface area contributed by atoms with E-state index in [9.17, 15) is 0 Å². The zero-order valence-electron chi connectivity index (χ0n) is 48.1. The standard InChI is InChI=1S/C76H75BN2O/c1-46-29-50-30-47(2)41-75(40-46,44-50)56-21-25-59(26-22-56)79-68-28-24-58(76-42-48(3)31-51(45-76)32-49(4)43-76)37-62(68)65-34-55-19-13-14-20-60(55)73-72(65)77(79)66-39-71-64(63-33-53-17-11-12-18-54(53)35-70(63)80-71)38-69(66)78(73)67-27-23-57(74(5,6)7)36-61(67)52-15-9-8-10-16-52/h8-28,33-39,46-51H,29-32,40-45H2,1-7H3. The van der Waals surface area contributed by atoms with Gasteiger partial charge in [-0.2, -0.15) is 0 Å². The van der Waals surface area contributed by atoms with Crippen LogP contribution in [0.4, 0.5) is 28.4 Å². The van der Waals surface area contributed by atoms with E-state index < -0.39 is 0 Å². The minimum atomic E-state index is -0.162. The first-order chi connectivity index (χ1) is 38.8. The fraction of sp³-hybridized carbons (Fsp3) is 0.342. The molecule has 4 heteroatoms. The molecule has 0 saturated heterocycles. The highest BCUT2D eigenvalue weighted by Gasteiger charge is 2.50. The van der Waals surface area contributed by atoms with Crippen LogP contribution < -0.4 is 20.6 Å². The van der Waals surface area contributed by atoms with Crippen LogP contribution in [0.1, 0.15) is 129 Å². The maximum absolute atomic E-state index is 7.16. The summed E-state index contributed by atoms with van der Waals surface area (Å²) < 4.78 is 7.16. The van der Waals surface area contributed by atoms with Crippen LogP contribution in [0.25, 0.3) is 65.7 Å². The lowest BCUT2D eigenvalue weighted by molar-refractivity contribution is 0.0779. The van der Waals surface area contributed by atoms with E-state index in [1.807, 2.05) is 0 Å². The molecule has 80 heavy (non-hydrogen) atoms. The van der Waals surface area contributed by atoms with Crippen molar-refractivity contribution in [2.75, 3.05) is 9.71 Å². The van der Waals surface area contributed by atoms with Crippen molar-refractivity contribution >= 4 is 89.7 Å². The number of anilines is 5. The predicted octanol–water partition coefficient (Wildman–Crippen LogP) is 19.8. The smallest absolute Gasteiger partial charge is 0.333 e. The number of nitrogens with zero attached hydrogens (tertiary/aromatic N) is 2. The number of furan rings is 1. The summed E-state index contributed by atoms with van der Waals surface area (Å²) >= 11 is 0. The molecule has 2 aliphatic heterocycles. The fourth-order valence-electron chi connectivity index (χ4n) is 18.7. The SMILES string of the molecule is CC1CC2CC(C)CC(c3ccc(N4B5c6cc7oc8cc9ccccc9cc8c7cc6N(c6ccc(C(C)(C)C)cc6-c6ccccc6)c6c5c(cc5ccccc65)-c5cc(C67CC(C)CC(CC(C)C6)C7)ccc54)cc3)(C1)C2. The molecule has 4 bridgehead atoms. The molecule has 16 rings (SSSR count). The van der Waals surface area contributed by atoms with Gasteiger partial charge in [-0.1, -0.05) is 152 Å². The van der Waals surface area contributed by atoms with Crippen molar-refractivity contribution in [3.05, 3.63) is 187 Å². The topological polar surface area (TPSA) is 19.6 Å². The molecule has 9 aromatic carbocycles. The minimum absolute atomic E-state index is 0.0503. The Balaban J connectivity index is 1.01. The third-order valence-electron chi connectivity index (χ3n) is 21.2. The number of rotatable bonds is 5. The van der Waals surface area contributed by atoms with Crippen LogP contribution in [0, 0.1) is 35.5 Å². The van der Waals surface area contributed by atoms with Crippen molar-refractivity contribution in [1.29, 1.82) is 0 Å². The number of fused-ring (bicyclic) bond motifs is 14. The van der Waals surface area contributed by atoms with E-state index in [1.54, 1.807) is 11.1 Å².